The zero-order valence-electron chi connectivity index (χ0n) is 12.4. The van der Waals surface area contributed by atoms with Crippen LogP contribution >= 0.6 is 0 Å². The van der Waals surface area contributed by atoms with E-state index in [4.69, 9.17) is 4.74 Å². The van der Waals surface area contributed by atoms with Crippen molar-refractivity contribution >= 4 is 11.5 Å². The molecule has 10 heteroatoms. The number of fused-ring (bicyclic) bond motifs is 1. The Hall–Kier alpha value is -1.94. The Balaban J connectivity index is 1.57. The molecule has 0 spiro atoms. The molecule has 3 heterocycles. The molecule has 1 aliphatic heterocycles. The van der Waals surface area contributed by atoms with Gasteiger partial charge in [0, 0.05) is 19.6 Å². The molecule has 23 heavy (non-hydrogen) atoms. The van der Waals surface area contributed by atoms with Crippen LogP contribution in [-0.2, 0) is 10.9 Å². The van der Waals surface area contributed by atoms with Gasteiger partial charge in [0.2, 0.25) is 0 Å². The minimum Gasteiger partial charge on any atom is -0.379 e. The number of alkyl halides is 3. The number of rotatable bonds is 5. The number of hydrogen-bond acceptors (Lipinski definition) is 6. The van der Waals surface area contributed by atoms with Gasteiger partial charge in [0.25, 0.3) is 5.82 Å². The van der Waals surface area contributed by atoms with Gasteiger partial charge in [-0.25, -0.2) is 0 Å². The number of halogens is 3. The normalized spacial score (nSPS) is 16.8. The molecule has 0 unspecified atom stereocenters. The lowest BCUT2D eigenvalue weighted by Gasteiger charge is -2.26. The van der Waals surface area contributed by atoms with Crippen LogP contribution in [0.15, 0.2) is 12.1 Å². The van der Waals surface area contributed by atoms with Gasteiger partial charge in [-0.3, -0.25) is 4.90 Å². The number of anilines is 1. The van der Waals surface area contributed by atoms with E-state index in [0.29, 0.717) is 16.9 Å². The summed E-state index contributed by atoms with van der Waals surface area (Å²) in [7, 11) is 0. The molecule has 126 valence electrons. The van der Waals surface area contributed by atoms with E-state index in [-0.39, 0.29) is 5.65 Å². The zero-order chi connectivity index (χ0) is 16.3. The van der Waals surface area contributed by atoms with E-state index in [9.17, 15) is 13.2 Å². The fourth-order valence-electron chi connectivity index (χ4n) is 2.40. The predicted molar refractivity (Wildman–Crippen MR) is 76.1 cm³/mol. The van der Waals surface area contributed by atoms with Gasteiger partial charge in [-0.05, 0) is 25.1 Å². The number of ether oxygens (including phenoxy) is 1. The van der Waals surface area contributed by atoms with Crippen molar-refractivity contribution in [2.75, 3.05) is 44.7 Å². The Kier molecular flexibility index (Phi) is 4.62. The van der Waals surface area contributed by atoms with Crippen LogP contribution in [0, 0.1) is 0 Å². The lowest BCUT2D eigenvalue weighted by atomic mass is 10.3. The molecule has 0 amide bonds. The minimum atomic E-state index is -4.58. The summed E-state index contributed by atoms with van der Waals surface area (Å²) in [6, 6.07) is 3.05. The molecule has 7 nitrogen and oxygen atoms in total. The summed E-state index contributed by atoms with van der Waals surface area (Å²) < 4.78 is 44.4. The first-order valence-electron chi connectivity index (χ1n) is 7.38. The maximum atomic E-state index is 12.8. The van der Waals surface area contributed by atoms with Crippen molar-refractivity contribution in [3.8, 4) is 0 Å². The molecule has 2 aromatic heterocycles. The van der Waals surface area contributed by atoms with Crippen LogP contribution in [0.4, 0.5) is 19.0 Å². The van der Waals surface area contributed by atoms with Crippen LogP contribution in [-0.4, -0.2) is 64.1 Å². The molecule has 0 saturated carbocycles. The van der Waals surface area contributed by atoms with E-state index in [2.05, 4.69) is 25.5 Å². The second-order valence-corrected chi connectivity index (χ2v) is 5.24. The predicted octanol–water partition coefficient (Wildman–Crippen LogP) is 1.28. The SMILES string of the molecule is FC(F)(F)c1nnc2ccc(NCCCN3CCOCC3)nn12. The van der Waals surface area contributed by atoms with Crippen molar-refractivity contribution in [1.29, 1.82) is 0 Å². The summed E-state index contributed by atoms with van der Waals surface area (Å²) in [6.07, 6.45) is -3.71. The maximum absolute atomic E-state index is 12.8. The highest BCUT2D eigenvalue weighted by molar-refractivity contribution is 5.44. The summed E-state index contributed by atoms with van der Waals surface area (Å²) >= 11 is 0. The van der Waals surface area contributed by atoms with Gasteiger partial charge in [0.15, 0.2) is 5.65 Å². The van der Waals surface area contributed by atoms with E-state index < -0.39 is 12.0 Å². The zero-order valence-corrected chi connectivity index (χ0v) is 12.4. The number of nitrogens with zero attached hydrogens (tertiary/aromatic N) is 5. The van der Waals surface area contributed by atoms with E-state index in [1.807, 2.05) is 0 Å². The number of aromatic nitrogens is 4. The Labute approximate surface area is 130 Å². The Morgan fingerprint density at radius 1 is 1.17 bits per heavy atom. The average molecular weight is 330 g/mol. The Morgan fingerprint density at radius 2 is 1.96 bits per heavy atom. The highest BCUT2D eigenvalue weighted by Gasteiger charge is 2.37. The number of hydrogen-bond donors (Lipinski definition) is 1. The van der Waals surface area contributed by atoms with Gasteiger partial charge in [0.1, 0.15) is 5.82 Å². The second kappa shape index (κ2) is 6.67. The Bertz CT molecular complexity index is 653. The fourth-order valence-corrected chi connectivity index (χ4v) is 2.40. The molecule has 1 N–H and O–H groups in total. The van der Waals surface area contributed by atoms with E-state index in [1.165, 1.54) is 6.07 Å². The van der Waals surface area contributed by atoms with Crippen molar-refractivity contribution in [3.63, 3.8) is 0 Å². The van der Waals surface area contributed by atoms with Crippen LogP contribution in [0.2, 0.25) is 0 Å². The van der Waals surface area contributed by atoms with Gasteiger partial charge < -0.3 is 10.1 Å². The number of morpholine rings is 1. The van der Waals surface area contributed by atoms with Crippen molar-refractivity contribution in [3.05, 3.63) is 18.0 Å². The number of nitrogens with one attached hydrogen (secondary N) is 1. The molecular weight excluding hydrogens is 313 g/mol. The van der Waals surface area contributed by atoms with Crippen LogP contribution in [0.25, 0.3) is 5.65 Å². The third-order valence-corrected chi connectivity index (χ3v) is 3.58. The van der Waals surface area contributed by atoms with Gasteiger partial charge in [0.05, 0.1) is 13.2 Å². The minimum absolute atomic E-state index is 0.0659. The first kappa shape index (κ1) is 15.9. The molecule has 1 aliphatic rings. The van der Waals surface area contributed by atoms with Gasteiger partial charge in [-0.15, -0.1) is 15.3 Å². The summed E-state index contributed by atoms with van der Waals surface area (Å²) in [6.45, 7) is 4.87. The smallest absolute Gasteiger partial charge is 0.379 e. The topological polar surface area (TPSA) is 67.6 Å². The van der Waals surface area contributed by atoms with Crippen LogP contribution < -0.4 is 5.32 Å². The molecule has 2 aromatic rings. The average Bonchev–Trinajstić information content (AvgIpc) is 2.96. The molecule has 0 atom stereocenters. The summed E-state index contributed by atoms with van der Waals surface area (Å²) in [4.78, 5) is 2.29. The first-order valence-corrected chi connectivity index (χ1v) is 7.38. The molecule has 0 radical (unpaired) electrons. The van der Waals surface area contributed by atoms with E-state index in [1.54, 1.807) is 6.07 Å². The third kappa shape index (κ3) is 3.88. The van der Waals surface area contributed by atoms with E-state index >= 15 is 0 Å². The summed E-state index contributed by atoms with van der Waals surface area (Å²) in [5, 5.41) is 13.6. The van der Waals surface area contributed by atoms with Gasteiger partial charge in [-0.2, -0.15) is 17.7 Å². The first-order chi connectivity index (χ1) is 11.0. The monoisotopic (exact) mass is 330 g/mol. The van der Waals surface area contributed by atoms with E-state index in [0.717, 1.165) is 39.3 Å². The molecule has 0 aromatic carbocycles. The molecule has 1 fully saturated rings. The van der Waals surface area contributed by atoms with Crippen LogP contribution in [0.5, 0.6) is 0 Å². The molecule has 3 rings (SSSR count). The van der Waals surface area contributed by atoms with Crippen molar-refractivity contribution in [2.45, 2.75) is 12.6 Å². The molecule has 0 aliphatic carbocycles. The van der Waals surface area contributed by atoms with Crippen molar-refractivity contribution in [1.82, 2.24) is 24.7 Å². The van der Waals surface area contributed by atoms with Crippen LogP contribution in [0.1, 0.15) is 12.2 Å². The van der Waals surface area contributed by atoms with Crippen molar-refractivity contribution in [2.24, 2.45) is 0 Å². The third-order valence-electron chi connectivity index (χ3n) is 3.58. The fraction of sp³-hybridized carbons (Fsp3) is 0.615. The molecule has 0 bridgehead atoms. The molecule has 1 saturated heterocycles. The lowest BCUT2D eigenvalue weighted by molar-refractivity contribution is -0.146. The summed E-state index contributed by atoms with van der Waals surface area (Å²) in [5.74, 6) is -0.755. The largest absolute Gasteiger partial charge is 0.453 e. The quantitative estimate of drug-likeness (QED) is 0.833. The van der Waals surface area contributed by atoms with Crippen LogP contribution in [0.3, 0.4) is 0 Å². The van der Waals surface area contributed by atoms with Gasteiger partial charge >= 0.3 is 6.18 Å². The molecular formula is C13H17F3N6O. The lowest BCUT2D eigenvalue weighted by Crippen LogP contribution is -2.37. The van der Waals surface area contributed by atoms with Gasteiger partial charge in [-0.1, -0.05) is 0 Å². The standard InChI is InChI=1S/C13H17F3N6O/c14-13(15,16)12-19-18-11-3-2-10(20-22(11)12)17-4-1-5-21-6-8-23-9-7-21/h2-3H,1,4-9H2,(H,17,20). The second-order valence-electron chi connectivity index (χ2n) is 5.24. The highest BCUT2D eigenvalue weighted by Crippen LogP contribution is 2.27. The Morgan fingerprint density at radius 3 is 2.70 bits per heavy atom. The highest BCUT2D eigenvalue weighted by atomic mass is 19.4. The van der Waals surface area contributed by atoms with Crippen molar-refractivity contribution < 1.29 is 17.9 Å². The summed E-state index contributed by atoms with van der Waals surface area (Å²) in [5.41, 5.74) is 0.0659. The maximum Gasteiger partial charge on any atom is 0.453 e.